The Hall–Kier alpha value is -3.62. The molecule has 0 bridgehead atoms. The molecule has 0 aromatic heterocycles. The summed E-state index contributed by atoms with van der Waals surface area (Å²) in [7, 11) is 2.96. The first-order chi connectivity index (χ1) is 12.9. The van der Waals surface area contributed by atoms with Crippen LogP contribution < -0.4 is 20.1 Å². The van der Waals surface area contributed by atoms with Crippen molar-refractivity contribution in [2.75, 3.05) is 26.1 Å². The second-order valence-corrected chi connectivity index (χ2v) is 5.46. The topological polar surface area (TPSA) is 120 Å². The Balaban J connectivity index is 1.88. The Morgan fingerprint density at radius 3 is 2.33 bits per heavy atom. The average Bonchev–Trinajstić information content (AvgIpc) is 2.67. The summed E-state index contributed by atoms with van der Waals surface area (Å²) in [5, 5.41) is 15.9. The lowest BCUT2D eigenvalue weighted by Gasteiger charge is -2.09. The maximum Gasteiger partial charge on any atom is 0.271 e. The number of non-ortho nitro benzene ring substituents is 1. The standard InChI is InChI=1S/C18H19N3O6/c1-26-15-8-12(9-16(11-15)27-2)18(23)19-7-6-17(22)20-13-4-3-5-14(10-13)21(24)25/h3-5,8-11H,6-7H2,1-2H3,(H,19,23)(H,20,22). The molecular weight excluding hydrogens is 354 g/mol. The molecule has 2 aromatic rings. The molecule has 0 unspecified atom stereocenters. The lowest BCUT2D eigenvalue weighted by Crippen LogP contribution is -2.27. The van der Waals surface area contributed by atoms with E-state index in [1.165, 1.54) is 32.4 Å². The summed E-state index contributed by atoms with van der Waals surface area (Å²) in [4.78, 5) is 34.3. The molecule has 0 aliphatic heterocycles. The number of benzene rings is 2. The molecule has 0 heterocycles. The second-order valence-electron chi connectivity index (χ2n) is 5.46. The van der Waals surface area contributed by atoms with E-state index in [1.807, 2.05) is 0 Å². The minimum atomic E-state index is -0.543. The number of rotatable bonds is 8. The first kappa shape index (κ1) is 19.7. The van der Waals surface area contributed by atoms with E-state index in [0.29, 0.717) is 22.7 Å². The number of methoxy groups -OCH3 is 2. The highest BCUT2D eigenvalue weighted by atomic mass is 16.6. The smallest absolute Gasteiger partial charge is 0.271 e. The molecule has 2 rings (SSSR count). The van der Waals surface area contributed by atoms with Gasteiger partial charge in [-0.05, 0) is 18.2 Å². The fourth-order valence-electron chi connectivity index (χ4n) is 2.25. The van der Waals surface area contributed by atoms with Crippen LogP contribution in [0.2, 0.25) is 0 Å². The van der Waals surface area contributed by atoms with Gasteiger partial charge in [0.25, 0.3) is 11.6 Å². The van der Waals surface area contributed by atoms with E-state index in [2.05, 4.69) is 10.6 Å². The lowest BCUT2D eigenvalue weighted by molar-refractivity contribution is -0.384. The Labute approximate surface area is 155 Å². The lowest BCUT2D eigenvalue weighted by atomic mass is 10.2. The highest BCUT2D eigenvalue weighted by Crippen LogP contribution is 2.22. The van der Waals surface area contributed by atoms with E-state index >= 15 is 0 Å². The van der Waals surface area contributed by atoms with Crippen LogP contribution in [0.5, 0.6) is 11.5 Å². The fourth-order valence-corrected chi connectivity index (χ4v) is 2.25. The number of carbonyl (C=O) groups is 2. The van der Waals surface area contributed by atoms with Gasteiger partial charge in [-0.3, -0.25) is 19.7 Å². The van der Waals surface area contributed by atoms with Gasteiger partial charge >= 0.3 is 0 Å². The van der Waals surface area contributed by atoms with Crippen LogP contribution in [0.15, 0.2) is 42.5 Å². The Kier molecular flexibility index (Phi) is 6.70. The van der Waals surface area contributed by atoms with Gasteiger partial charge in [0, 0.05) is 42.4 Å². The van der Waals surface area contributed by atoms with Crippen molar-refractivity contribution in [2.45, 2.75) is 6.42 Å². The van der Waals surface area contributed by atoms with Gasteiger partial charge in [-0.1, -0.05) is 6.07 Å². The fraction of sp³-hybridized carbons (Fsp3) is 0.222. The number of nitrogens with one attached hydrogen (secondary N) is 2. The Morgan fingerprint density at radius 1 is 1.07 bits per heavy atom. The van der Waals surface area contributed by atoms with Crippen LogP contribution >= 0.6 is 0 Å². The van der Waals surface area contributed by atoms with Gasteiger partial charge in [0.15, 0.2) is 0 Å². The number of hydrogen-bond donors (Lipinski definition) is 2. The molecule has 2 amide bonds. The van der Waals surface area contributed by atoms with Crippen LogP contribution in [0.4, 0.5) is 11.4 Å². The van der Waals surface area contributed by atoms with Crippen molar-refractivity contribution in [3.05, 3.63) is 58.1 Å². The van der Waals surface area contributed by atoms with E-state index in [4.69, 9.17) is 9.47 Å². The summed E-state index contributed by atoms with van der Waals surface area (Å²) in [6.45, 7) is 0.0963. The van der Waals surface area contributed by atoms with Gasteiger partial charge in [0.05, 0.1) is 19.1 Å². The molecule has 2 N–H and O–H groups in total. The van der Waals surface area contributed by atoms with Gasteiger partial charge in [-0.15, -0.1) is 0 Å². The number of carbonyl (C=O) groups excluding carboxylic acids is 2. The third-order valence-corrected chi connectivity index (χ3v) is 3.59. The predicted octanol–water partition coefficient (Wildman–Crippen LogP) is 2.37. The summed E-state index contributed by atoms with van der Waals surface area (Å²) in [6, 6.07) is 10.4. The molecule has 0 saturated carbocycles. The number of nitro benzene ring substituents is 1. The Morgan fingerprint density at radius 2 is 1.74 bits per heavy atom. The third-order valence-electron chi connectivity index (χ3n) is 3.59. The zero-order chi connectivity index (χ0) is 19.8. The molecule has 0 aliphatic carbocycles. The monoisotopic (exact) mass is 373 g/mol. The van der Waals surface area contributed by atoms with Crippen molar-refractivity contribution in [1.82, 2.24) is 5.32 Å². The zero-order valence-corrected chi connectivity index (χ0v) is 14.9. The van der Waals surface area contributed by atoms with Gasteiger partial charge < -0.3 is 20.1 Å². The summed E-state index contributed by atoms with van der Waals surface area (Å²) in [5.74, 6) is 0.195. The highest BCUT2D eigenvalue weighted by Gasteiger charge is 2.11. The number of nitro groups is 1. The summed E-state index contributed by atoms with van der Waals surface area (Å²) >= 11 is 0. The van der Waals surface area contributed by atoms with Crippen LogP contribution in [-0.4, -0.2) is 37.5 Å². The average molecular weight is 373 g/mol. The molecule has 0 atom stereocenters. The van der Waals surface area contributed by atoms with Crippen molar-refractivity contribution < 1.29 is 24.0 Å². The maximum atomic E-state index is 12.2. The molecule has 0 fully saturated rings. The van der Waals surface area contributed by atoms with Gasteiger partial charge in [0.2, 0.25) is 5.91 Å². The van der Waals surface area contributed by atoms with Crippen molar-refractivity contribution in [3.8, 4) is 11.5 Å². The van der Waals surface area contributed by atoms with E-state index in [0.717, 1.165) is 0 Å². The van der Waals surface area contributed by atoms with Crippen molar-refractivity contribution in [1.29, 1.82) is 0 Å². The van der Waals surface area contributed by atoms with E-state index < -0.39 is 4.92 Å². The summed E-state index contributed by atoms with van der Waals surface area (Å²) in [6.07, 6.45) is 0.00946. The predicted molar refractivity (Wildman–Crippen MR) is 98.2 cm³/mol. The van der Waals surface area contributed by atoms with Crippen LogP contribution in [0.25, 0.3) is 0 Å². The summed E-state index contributed by atoms with van der Waals surface area (Å²) in [5.41, 5.74) is 0.538. The van der Waals surface area contributed by atoms with Crippen molar-refractivity contribution >= 4 is 23.2 Å². The van der Waals surface area contributed by atoms with E-state index in [9.17, 15) is 19.7 Å². The third kappa shape index (κ3) is 5.70. The molecule has 9 nitrogen and oxygen atoms in total. The van der Waals surface area contributed by atoms with Crippen molar-refractivity contribution in [3.63, 3.8) is 0 Å². The summed E-state index contributed by atoms with van der Waals surface area (Å²) < 4.78 is 10.2. The highest BCUT2D eigenvalue weighted by molar-refractivity contribution is 5.96. The molecular formula is C18H19N3O6. The largest absolute Gasteiger partial charge is 0.497 e. The molecule has 0 aliphatic rings. The number of hydrogen-bond acceptors (Lipinski definition) is 6. The minimum absolute atomic E-state index is 0.00946. The van der Waals surface area contributed by atoms with Crippen LogP contribution in [0.3, 0.4) is 0 Å². The first-order valence-electron chi connectivity index (χ1n) is 7.98. The molecule has 142 valence electrons. The molecule has 9 heteroatoms. The zero-order valence-electron chi connectivity index (χ0n) is 14.9. The molecule has 0 saturated heterocycles. The molecule has 0 radical (unpaired) electrons. The maximum absolute atomic E-state index is 12.2. The second kappa shape index (κ2) is 9.18. The molecule has 0 spiro atoms. The SMILES string of the molecule is COc1cc(OC)cc(C(=O)NCCC(=O)Nc2cccc([N+](=O)[O-])c2)c1. The normalized spacial score (nSPS) is 10.0. The van der Waals surface area contributed by atoms with Crippen LogP contribution in [0, 0.1) is 10.1 Å². The molecule has 27 heavy (non-hydrogen) atoms. The van der Waals surface area contributed by atoms with Crippen LogP contribution in [0.1, 0.15) is 16.8 Å². The van der Waals surface area contributed by atoms with Gasteiger partial charge in [0.1, 0.15) is 11.5 Å². The minimum Gasteiger partial charge on any atom is -0.497 e. The number of anilines is 1. The number of nitrogens with zero attached hydrogens (tertiary/aromatic N) is 1. The van der Waals surface area contributed by atoms with Crippen molar-refractivity contribution in [2.24, 2.45) is 0 Å². The van der Waals surface area contributed by atoms with E-state index in [-0.39, 0.29) is 30.5 Å². The Bertz CT molecular complexity index is 830. The first-order valence-corrected chi connectivity index (χ1v) is 7.98. The van der Waals surface area contributed by atoms with E-state index in [1.54, 1.807) is 24.3 Å². The number of amides is 2. The quantitative estimate of drug-likeness (QED) is 0.541. The van der Waals surface area contributed by atoms with Gasteiger partial charge in [-0.2, -0.15) is 0 Å². The molecule has 2 aromatic carbocycles. The number of ether oxygens (including phenoxy) is 2. The van der Waals surface area contributed by atoms with Gasteiger partial charge in [-0.25, -0.2) is 0 Å². The van der Waals surface area contributed by atoms with Crippen LogP contribution in [-0.2, 0) is 4.79 Å².